The molecule has 1 fully saturated rings. The molecule has 1 saturated carbocycles. The highest BCUT2D eigenvalue weighted by Crippen LogP contribution is 2.31. The zero-order valence-corrected chi connectivity index (χ0v) is 10.9. The molecular formula is C14H21N3O. The van der Waals surface area contributed by atoms with E-state index in [9.17, 15) is 4.79 Å². The highest BCUT2D eigenvalue weighted by atomic mass is 16.1. The van der Waals surface area contributed by atoms with Crippen molar-refractivity contribution in [2.75, 3.05) is 0 Å². The van der Waals surface area contributed by atoms with Crippen molar-refractivity contribution in [3.05, 3.63) is 30.1 Å². The quantitative estimate of drug-likeness (QED) is 0.852. The van der Waals surface area contributed by atoms with Crippen LogP contribution in [-0.4, -0.2) is 16.4 Å². The van der Waals surface area contributed by atoms with Gasteiger partial charge in [0.2, 0.25) is 5.91 Å². The van der Waals surface area contributed by atoms with E-state index in [0.29, 0.717) is 6.54 Å². The molecular weight excluding hydrogens is 226 g/mol. The van der Waals surface area contributed by atoms with E-state index in [1.165, 1.54) is 0 Å². The van der Waals surface area contributed by atoms with Crippen LogP contribution in [0.15, 0.2) is 24.4 Å². The molecule has 0 saturated heterocycles. The smallest absolute Gasteiger partial charge is 0.225 e. The van der Waals surface area contributed by atoms with Crippen LogP contribution in [0.5, 0.6) is 0 Å². The summed E-state index contributed by atoms with van der Waals surface area (Å²) >= 11 is 0. The summed E-state index contributed by atoms with van der Waals surface area (Å²) < 4.78 is 0. The SMILES string of the molecule is CC1(N)CCCCC1C(=O)NCc1ccccn1. The van der Waals surface area contributed by atoms with Crippen LogP contribution >= 0.6 is 0 Å². The zero-order chi connectivity index (χ0) is 13.0. The van der Waals surface area contributed by atoms with Gasteiger partial charge in [-0.2, -0.15) is 0 Å². The van der Waals surface area contributed by atoms with Crippen LogP contribution in [0.1, 0.15) is 38.3 Å². The molecule has 1 aliphatic carbocycles. The summed E-state index contributed by atoms with van der Waals surface area (Å²) in [5.41, 5.74) is 6.72. The van der Waals surface area contributed by atoms with Gasteiger partial charge in [0.25, 0.3) is 0 Å². The van der Waals surface area contributed by atoms with Crippen molar-refractivity contribution in [1.29, 1.82) is 0 Å². The summed E-state index contributed by atoms with van der Waals surface area (Å²) in [6.45, 7) is 2.46. The number of hydrogen-bond donors (Lipinski definition) is 2. The Morgan fingerprint density at radius 2 is 2.39 bits per heavy atom. The number of nitrogens with zero attached hydrogens (tertiary/aromatic N) is 1. The van der Waals surface area contributed by atoms with Crippen molar-refractivity contribution in [2.45, 2.75) is 44.7 Å². The summed E-state index contributed by atoms with van der Waals surface area (Å²) in [7, 11) is 0. The van der Waals surface area contributed by atoms with Crippen LogP contribution in [0.25, 0.3) is 0 Å². The third-order valence-corrected chi connectivity index (χ3v) is 3.74. The first-order valence-corrected chi connectivity index (χ1v) is 6.56. The second-order valence-electron chi connectivity index (χ2n) is 5.34. The first kappa shape index (κ1) is 13.0. The summed E-state index contributed by atoms with van der Waals surface area (Å²) in [6.07, 6.45) is 5.76. The van der Waals surface area contributed by atoms with Crippen molar-refractivity contribution in [1.82, 2.24) is 10.3 Å². The topological polar surface area (TPSA) is 68.0 Å². The molecule has 4 heteroatoms. The number of carbonyl (C=O) groups excluding carboxylic acids is 1. The highest BCUT2D eigenvalue weighted by Gasteiger charge is 2.37. The van der Waals surface area contributed by atoms with Crippen molar-refractivity contribution >= 4 is 5.91 Å². The maximum atomic E-state index is 12.2. The summed E-state index contributed by atoms with van der Waals surface area (Å²) in [4.78, 5) is 16.4. The minimum absolute atomic E-state index is 0.0605. The van der Waals surface area contributed by atoms with Crippen LogP contribution < -0.4 is 11.1 Å². The molecule has 0 aromatic carbocycles. The van der Waals surface area contributed by atoms with Crippen LogP contribution in [-0.2, 0) is 11.3 Å². The first-order valence-electron chi connectivity index (χ1n) is 6.56. The van der Waals surface area contributed by atoms with E-state index < -0.39 is 0 Å². The van der Waals surface area contributed by atoms with Crippen LogP contribution in [0.2, 0.25) is 0 Å². The van der Waals surface area contributed by atoms with Gasteiger partial charge in [0.05, 0.1) is 18.2 Å². The van der Waals surface area contributed by atoms with Crippen molar-refractivity contribution in [2.24, 2.45) is 11.7 Å². The van der Waals surface area contributed by atoms with Crippen molar-refractivity contribution < 1.29 is 4.79 Å². The number of nitrogens with two attached hydrogens (primary N) is 1. The van der Waals surface area contributed by atoms with Gasteiger partial charge in [0.1, 0.15) is 0 Å². The van der Waals surface area contributed by atoms with Crippen LogP contribution in [0.3, 0.4) is 0 Å². The Kier molecular flexibility index (Phi) is 3.97. The molecule has 2 rings (SSSR count). The van der Waals surface area contributed by atoms with E-state index in [-0.39, 0.29) is 17.4 Å². The number of amides is 1. The lowest BCUT2D eigenvalue weighted by molar-refractivity contribution is -0.128. The van der Waals surface area contributed by atoms with E-state index in [4.69, 9.17) is 5.73 Å². The molecule has 0 radical (unpaired) electrons. The molecule has 1 amide bonds. The Bertz CT molecular complexity index is 403. The Labute approximate surface area is 108 Å². The number of carbonyl (C=O) groups is 1. The number of hydrogen-bond acceptors (Lipinski definition) is 3. The van der Waals surface area contributed by atoms with E-state index >= 15 is 0 Å². The lowest BCUT2D eigenvalue weighted by atomic mass is 9.74. The van der Waals surface area contributed by atoms with Gasteiger partial charge in [0, 0.05) is 11.7 Å². The second kappa shape index (κ2) is 5.48. The normalized spacial score (nSPS) is 27.8. The molecule has 18 heavy (non-hydrogen) atoms. The fourth-order valence-electron chi connectivity index (χ4n) is 2.59. The molecule has 4 nitrogen and oxygen atoms in total. The first-order chi connectivity index (χ1) is 8.59. The molecule has 3 N–H and O–H groups in total. The van der Waals surface area contributed by atoms with Gasteiger partial charge < -0.3 is 11.1 Å². The maximum Gasteiger partial charge on any atom is 0.225 e. The Balaban J connectivity index is 1.91. The average molecular weight is 247 g/mol. The van der Waals surface area contributed by atoms with Gasteiger partial charge in [-0.15, -0.1) is 0 Å². The molecule has 1 aliphatic rings. The average Bonchev–Trinajstić information content (AvgIpc) is 2.37. The highest BCUT2D eigenvalue weighted by molar-refractivity contribution is 5.80. The van der Waals surface area contributed by atoms with Gasteiger partial charge in [0.15, 0.2) is 0 Å². The minimum Gasteiger partial charge on any atom is -0.350 e. The van der Waals surface area contributed by atoms with Gasteiger partial charge in [-0.3, -0.25) is 9.78 Å². The number of rotatable bonds is 3. The lowest BCUT2D eigenvalue weighted by Crippen LogP contribution is -2.52. The fourth-order valence-corrected chi connectivity index (χ4v) is 2.59. The van der Waals surface area contributed by atoms with Gasteiger partial charge in [-0.1, -0.05) is 18.9 Å². The molecule has 0 bridgehead atoms. The van der Waals surface area contributed by atoms with Crippen LogP contribution in [0, 0.1) is 5.92 Å². The van der Waals surface area contributed by atoms with Crippen molar-refractivity contribution in [3.8, 4) is 0 Å². The largest absolute Gasteiger partial charge is 0.350 e. The third-order valence-electron chi connectivity index (χ3n) is 3.74. The van der Waals surface area contributed by atoms with Crippen LogP contribution in [0.4, 0.5) is 0 Å². The minimum atomic E-state index is -0.369. The van der Waals surface area contributed by atoms with E-state index in [1.54, 1.807) is 6.20 Å². The van der Waals surface area contributed by atoms with E-state index in [2.05, 4.69) is 10.3 Å². The number of aromatic nitrogens is 1. The predicted molar refractivity (Wildman–Crippen MR) is 70.6 cm³/mol. The number of pyridine rings is 1. The summed E-state index contributed by atoms with van der Waals surface area (Å²) in [6, 6.07) is 5.69. The lowest BCUT2D eigenvalue weighted by Gasteiger charge is -2.37. The van der Waals surface area contributed by atoms with Crippen molar-refractivity contribution in [3.63, 3.8) is 0 Å². The summed E-state index contributed by atoms with van der Waals surface area (Å²) in [5.74, 6) is -0.0136. The Morgan fingerprint density at radius 3 is 3.06 bits per heavy atom. The molecule has 2 atom stereocenters. The van der Waals surface area contributed by atoms with Gasteiger partial charge in [-0.05, 0) is 31.9 Å². The summed E-state index contributed by atoms with van der Waals surface area (Å²) in [5, 5.41) is 2.94. The molecule has 0 aliphatic heterocycles. The molecule has 1 aromatic rings. The van der Waals surface area contributed by atoms with Gasteiger partial charge >= 0.3 is 0 Å². The standard InChI is InChI=1S/C14H21N3O/c1-14(15)8-4-2-7-12(14)13(18)17-10-11-6-3-5-9-16-11/h3,5-6,9,12H,2,4,7-8,10,15H2,1H3,(H,17,18). The third kappa shape index (κ3) is 3.07. The Hall–Kier alpha value is -1.42. The van der Waals surface area contributed by atoms with E-state index in [0.717, 1.165) is 31.4 Å². The fraction of sp³-hybridized carbons (Fsp3) is 0.571. The molecule has 0 spiro atoms. The predicted octanol–water partition coefficient (Wildman–Crippen LogP) is 1.61. The zero-order valence-electron chi connectivity index (χ0n) is 10.9. The van der Waals surface area contributed by atoms with Gasteiger partial charge in [-0.25, -0.2) is 0 Å². The molecule has 2 unspecified atom stereocenters. The second-order valence-corrected chi connectivity index (χ2v) is 5.34. The molecule has 1 aromatic heterocycles. The number of nitrogens with one attached hydrogen (secondary N) is 1. The Morgan fingerprint density at radius 1 is 1.56 bits per heavy atom. The monoisotopic (exact) mass is 247 g/mol. The van der Waals surface area contributed by atoms with E-state index in [1.807, 2.05) is 25.1 Å². The maximum absolute atomic E-state index is 12.2. The molecule has 1 heterocycles. The molecule has 98 valence electrons.